The van der Waals surface area contributed by atoms with Gasteiger partial charge in [0.1, 0.15) is 12.4 Å². The summed E-state index contributed by atoms with van der Waals surface area (Å²) >= 11 is 0. The van der Waals surface area contributed by atoms with E-state index in [1.165, 1.54) is 7.11 Å². The van der Waals surface area contributed by atoms with E-state index in [0.717, 1.165) is 0 Å². The van der Waals surface area contributed by atoms with Crippen LogP contribution in [-0.2, 0) is 4.74 Å². The molecule has 0 amide bonds. The SMILES string of the molecule is COCNc1nn[nH]c(=O)c1NCCO. The predicted octanol–water partition coefficient (Wildman–Crippen LogP) is -1.42. The maximum absolute atomic E-state index is 11.3. The van der Waals surface area contributed by atoms with E-state index in [1.807, 2.05) is 0 Å². The number of methoxy groups -OCH3 is 1. The molecule has 8 nitrogen and oxygen atoms in total. The molecule has 1 aromatic heterocycles. The maximum Gasteiger partial charge on any atom is 0.292 e. The Hall–Kier alpha value is -1.67. The third-order valence-electron chi connectivity index (χ3n) is 1.56. The van der Waals surface area contributed by atoms with E-state index < -0.39 is 5.56 Å². The summed E-state index contributed by atoms with van der Waals surface area (Å²) in [5.74, 6) is 0.286. The van der Waals surface area contributed by atoms with Crippen molar-refractivity contribution in [3.8, 4) is 0 Å². The van der Waals surface area contributed by atoms with Crippen LogP contribution in [0.3, 0.4) is 0 Å². The zero-order valence-corrected chi connectivity index (χ0v) is 8.28. The van der Waals surface area contributed by atoms with Crippen LogP contribution in [0.2, 0.25) is 0 Å². The van der Waals surface area contributed by atoms with Crippen molar-refractivity contribution in [1.82, 2.24) is 15.4 Å². The second kappa shape index (κ2) is 5.94. The van der Waals surface area contributed by atoms with Gasteiger partial charge in [-0.05, 0) is 0 Å². The first-order chi connectivity index (χ1) is 7.29. The average molecular weight is 215 g/mol. The van der Waals surface area contributed by atoms with Crippen molar-refractivity contribution in [2.45, 2.75) is 0 Å². The van der Waals surface area contributed by atoms with Gasteiger partial charge in [0.25, 0.3) is 5.56 Å². The molecule has 0 saturated heterocycles. The van der Waals surface area contributed by atoms with Crippen molar-refractivity contribution in [2.24, 2.45) is 0 Å². The minimum atomic E-state index is -0.406. The van der Waals surface area contributed by atoms with Crippen LogP contribution in [0.15, 0.2) is 4.79 Å². The molecule has 0 fully saturated rings. The number of aliphatic hydroxyl groups excluding tert-OH is 1. The molecule has 1 aromatic rings. The van der Waals surface area contributed by atoms with Crippen molar-refractivity contribution in [1.29, 1.82) is 0 Å². The van der Waals surface area contributed by atoms with Gasteiger partial charge in [0.15, 0.2) is 5.82 Å². The van der Waals surface area contributed by atoms with E-state index in [1.54, 1.807) is 0 Å². The van der Waals surface area contributed by atoms with Gasteiger partial charge in [-0.25, -0.2) is 5.10 Å². The summed E-state index contributed by atoms with van der Waals surface area (Å²) in [4.78, 5) is 11.3. The molecule has 0 spiro atoms. The molecule has 1 heterocycles. The van der Waals surface area contributed by atoms with E-state index in [2.05, 4.69) is 26.0 Å². The van der Waals surface area contributed by atoms with Crippen LogP contribution in [0.1, 0.15) is 0 Å². The number of aromatic amines is 1. The molecule has 8 heteroatoms. The third-order valence-corrected chi connectivity index (χ3v) is 1.56. The average Bonchev–Trinajstić information content (AvgIpc) is 2.25. The highest BCUT2D eigenvalue weighted by molar-refractivity contribution is 5.61. The zero-order chi connectivity index (χ0) is 11.1. The largest absolute Gasteiger partial charge is 0.395 e. The molecule has 0 radical (unpaired) electrons. The molecule has 0 aliphatic carbocycles. The van der Waals surface area contributed by atoms with Crippen LogP contribution in [0.5, 0.6) is 0 Å². The van der Waals surface area contributed by atoms with E-state index in [-0.39, 0.29) is 31.4 Å². The molecule has 0 bridgehead atoms. The highest BCUT2D eigenvalue weighted by atomic mass is 16.5. The van der Waals surface area contributed by atoms with Gasteiger partial charge < -0.3 is 20.5 Å². The summed E-state index contributed by atoms with van der Waals surface area (Å²) in [5, 5.41) is 23.4. The fraction of sp³-hybridized carbons (Fsp3) is 0.571. The lowest BCUT2D eigenvalue weighted by Crippen LogP contribution is -2.22. The number of hydrogen-bond acceptors (Lipinski definition) is 7. The highest BCUT2D eigenvalue weighted by Gasteiger charge is 2.07. The van der Waals surface area contributed by atoms with Crippen LogP contribution < -0.4 is 16.2 Å². The first-order valence-electron chi connectivity index (χ1n) is 4.32. The van der Waals surface area contributed by atoms with Crippen LogP contribution >= 0.6 is 0 Å². The molecule has 0 unspecified atom stereocenters. The molecule has 84 valence electrons. The first kappa shape index (κ1) is 11.4. The minimum Gasteiger partial charge on any atom is -0.395 e. The van der Waals surface area contributed by atoms with Crippen LogP contribution in [0.4, 0.5) is 11.5 Å². The Morgan fingerprint density at radius 3 is 3.00 bits per heavy atom. The van der Waals surface area contributed by atoms with Crippen LogP contribution in [0.25, 0.3) is 0 Å². The van der Waals surface area contributed by atoms with Crippen LogP contribution in [-0.4, -0.2) is 47.5 Å². The Bertz CT molecular complexity index is 353. The monoisotopic (exact) mass is 215 g/mol. The lowest BCUT2D eigenvalue weighted by atomic mass is 10.4. The lowest BCUT2D eigenvalue weighted by molar-refractivity contribution is 0.221. The molecule has 1 rings (SSSR count). The summed E-state index contributed by atoms with van der Waals surface area (Å²) in [5.41, 5.74) is -0.173. The third kappa shape index (κ3) is 3.18. The summed E-state index contributed by atoms with van der Waals surface area (Å²) in [6.45, 7) is 0.397. The van der Waals surface area contributed by atoms with Crippen molar-refractivity contribution >= 4 is 11.5 Å². The summed E-state index contributed by atoms with van der Waals surface area (Å²) < 4.78 is 4.78. The molecule has 0 aliphatic rings. The Balaban J connectivity index is 2.82. The van der Waals surface area contributed by atoms with Crippen LogP contribution in [0, 0.1) is 0 Å². The van der Waals surface area contributed by atoms with Gasteiger partial charge in [-0.2, -0.15) is 0 Å². The molecule has 0 aromatic carbocycles. The lowest BCUT2D eigenvalue weighted by Gasteiger charge is -2.08. The number of anilines is 2. The van der Waals surface area contributed by atoms with E-state index >= 15 is 0 Å². The summed E-state index contributed by atoms with van der Waals surface area (Å²) in [6.07, 6.45) is 0. The summed E-state index contributed by atoms with van der Waals surface area (Å²) in [6, 6.07) is 0. The number of nitrogens with zero attached hydrogens (tertiary/aromatic N) is 2. The van der Waals surface area contributed by atoms with Gasteiger partial charge in [-0.1, -0.05) is 5.21 Å². The quantitative estimate of drug-likeness (QED) is 0.431. The standard InChI is InChI=1S/C7H13N5O3/c1-15-4-9-6-5(8-2-3-13)7(14)11-12-10-6/h13H,2-4H2,1H3,(H,8,12)(H2,9,10,11,14). The number of nitrogens with one attached hydrogen (secondary N) is 3. The van der Waals surface area contributed by atoms with Crippen molar-refractivity contribution in [3.63, 3.8) is 0 Å². The highest BCUT2D eigenvalue weighted by Crippen LogP contribution is 2.09. The molecular formula is C7H13N5O3. The van der Waals surface area contributed by atoms with Crippen molar-refractivity contribution in [2.75, 3.05) is 37.6 Å². The molecule has 0 aliphatic heterocycles. The number of ether oxygens (including phenoxy) is 1. The van der Waals surface area contributed by atoms with Gasteiger partial charge in [0.05, 0.1) is 6.61 Å². The topological polar surface area (TPSA) is 112 Å². The Labute approximate surface area is 85.7 Å². The normalized spacial score (nSPS) is 10.0. The second-order valence-electron chi connectivity index (χ2n) is 2.62. The number of hydrogen-bond donors (Lipinski definition) is 4. The number of rotatable bonds is 6. The Kier molecular flexibility index (Phi) is 4.51. The van der Waals surface area contributed by atoms with Gasteiger partial charge in [0.2, 0.25) is 0 Å². The molecule has 4 N–H and O–H groups in total. The molecular weight excluding hydrogens is 202 g/mol. The zero-order valence-electron chi connectivity index (χ0n) is 8.28. The second-order valence-corrected chi connectivity index (χ2v) is 2.62. The van der Waals surface area contributed by atoms with E-state index in [4.69, 9.17) is 9.84 Å². The van der Waals surface area contributed by atoms with Gasteiger partial charge in [-0.3, -0.25) is 4.79 Å². The molecule has 15 heavy (non-hydrogen) atoms. The first-order valence-corrected chi connectivity index (χ1v) is 4.32. The maximum atomic E-state index is 11.3. The molecule has 0 saturated carbocycles. The van der Waals surface area contributed by atoms with Gasteiger partial charge in [-0.15, -0.1) is 5.10 Å². The summed E-state index contributed by atoms with van der Waals surface area (Å²) in [7, 11) is 1.51. The molecule has 0 atom stereocenters. The number of aliphatic hydroxyl groups is 1. The fourth-order valence-corrected chi connectivity index (χ4v) is 0.943. The van der Waals surface area contributed by atoms with Crippen molar-refractivity contribution in [3.05, 3.63) is 10.4 Å². The number of aromatic nitrogens is 3. The Morgan fingerprint density at radius 2 is 2.33 bits per heavy atom. The number of H-pyrrole nitrogens is 1. The van der Waals surface area contributed by atoms with Crippen molar-refractivity contribution < 1.29 is 9.84 Å². The van der Waals surface area contributed by atoms with Gasteiger partial charge in [0, 0.05) is 13.7 Å². The smallest absolute Gasteiger partial charge is 0.292 e. The fourth-order valence-electron chi connectivity index (χ4n) is 0.943. The Morgan fingerprint density at radius 1 is 1.53 bits per heavy atom. The van der Waals surface area contributed by atoms with Gasteiger partial charge >= 0.3 is 0 Å². The minimum absolute atomic E-state index is 0.0779. The van der Waals surface area contributed by atoms with E-state index in [0.29, 0.717) is 0 Å². The predicted molar refractivity (Wildman–Crippen MR) is 53.7 cm³/mol. The van der Waals surface area contributed by atoms with E-state index in [9.17, 15) is 4.79 Å².